The Morgan fingerprint density at radius 1 is 0.725 bits per heavy atom. The summed E-state index contributed by atoms with van der Waals surface area (Å²) in [6.07, 6.45) is 3.67. The zero-order valence-corrected chi connectivity index (χ0v) is 24.7. The molecule has 0 fully saturated rings. The van der Waals surface area contributed by atoms with Crippen molar-refractivity contribution in [2.45, 2.75) is 0 Å². The first kappa shape index (κ1) is 25.0. The van der Waals surface area contributed by atoms with E-state index in [9.17, 15) is 0 Å². The molecular weight excluding hydrogens is 712 g/mol. The van der Waals surface area contributed by atoms with Gasteiger partial charge in [-0.25, -0.2) is 0 Å². The van der Waals surface area contributed by atoms with Gasteiger partial charge >= 0.3 is 21.1 Å². The van der Waals surface area contributed by atoms with Gasteiger partial charge in [0.1, 0.15) is 0 Å². The molecule has 0 bridgehead atoms. The van der Waals surface area contributed by atoms with Crippen LogP contribution in [-0.4, -0.2) is 19.5 Å². The van der Waals surface area contributed by atoms with Crippen LogP contribution in [0.5, 0.6) is 0 Å². The van der Waals surface area contributed by atoms with Gasteiger partial charge in [-0.2, -0.15) is 11.3 Å². The largest absolute Gasteiger partial charge is 2.00 e. The molecule has 8 aromatic rings. The third-order valence-corrected chi connectivity index (χ3v) is 8.71. The van der Waals surface area contributed by atoms with E-state index in [0.717, 1.165) is 70.1 Å². The van der Waals surface area contributed by atoms with E-state index in [1.165, 1.54) is 0 Å². The summed E-state index contributed by atoms with van der Waals surface area (Å²) in [5.41, 5.74) is 7.88. The summed E-state index contributed by atoms with van der Waals surface area (Å²) in [4.78, 5) is 14.2. The van der Waals surface area contributed by atoms with Crippen molar-refractivity contribution in [3.8, 4) is 38.1 Å². The van der Waals surface area contributed by atoms with Gasteiger partial charge in [-0.1, -0.05) is 53.4 Å². The van der Waals surface area contributed by atoms with E-state index >= 15 is 0 Å². The van der Waals surface area contributed by atoms with Crippen LogP contribution in [0, 0.1) is 12.1 Å². The van der Waals surface area contributed by atoms with Gasteiger partial charge in [0.25, 0.3) is 0 Å². The molecule has 4 nitrogen and oxygen atoms in total. The third kappa shape index (κ3) is 4.11. The van der Waals surface area contributed by atoms with E-state index in [0.29, 0.717) is 0 Å². The maximum absolute atomic E-state index is 5.01. The predicted molar refractivity (Wildman–Crippen MR) is 161 cm³/mol. The van der Waals surface area contributed by atoms with Gasteiger partial charge in [0.2, 0.25) is 0 Å². The number of benzene rings is 4. The number of rotatable bonds is 4. The number of para-hydroxylation sites is 2. The quantitative estimate of drug-likeness (QED) is 0.170. The first-order valence-electron chi connectivity index (χ1n) is 12.5. The van der Waals surface area contributed by atoms with Gasteiger partial charge in [-0.05, 0) is 46.5 Å². The minimum absolute atomic E-state index is 0. The molecule has 0 radical (unpaired) electrons. The van der Waals surface area contributed by atoms with Crippen molar-refractivity contribution in [3.05, 3.63) is 121 Å². The van der Waals surface area contributed by atoms with E-state index in [1.54, 1.807) is 22.7 Å². The summed E-state index contributed by atoms with van der Waals surface area (Å²) in [6, 6.07) is 38.6. The Bertz CT molecular complexity index is 2100. The summed E-state index contributed by atoms with van der Waals surface area (Å²) < 4.78 is 3.41. The maximum atomic E-state index is 5.01. The Labute approximate surface area is 252 Å². The number of aromatic nitrogens is 4. The van der Waals surface area contributed by atoms with Crippen molar-refractivity contribution in [2.24, 2.45) is 0 Å². The van der Waals surface area contributed by atoms with Crippen LogP contribution in [0.25, 0.3) is 70.1 Å². The molecule has 192 valence electrons. The van der Waals surface area contributed by atoms with Crippen molar-refractivity contribution in [3.63, 3.8) is 0 Å². The van der Waals surface area contributed by atoms with Crippen molar-refractivity contribution in [1.29, 1.82) is 0 Å². The van der Waals surface area contributed by atoms with Crippen LogP contribution < -0.4 is 0 Å². The molecule has 40 heavy (non-hydrogen) atoms. The fraction of sp³-hybridized carbons (Fsp3) is 0. The molecule has 7 heteroatoms. The number of hydrogen-bond donors (Lipinski definition) is 0. The Balaban J connectivity index is 0.00000264. The zero-order chi connectivity index (χ0) is 25.8. The molecule has 0 aliphatic heterocycles. The van der Waals surface area contributed by atoms with Crippen LogP contribution >= 0.6 is 22.7 Å². The van der Waals surface area contributed by atoms with Crippen LogP contribution in [0.2, 0.25) is 0 Å². The molecule has 0 spiro atoms. The van der Waals surface area contributed by atoms with E-state index in [1.807, 2.05) is 42.0 Å². The van der Waals surface area contributed by atoms with Gasteiger partial charge in [0.05, 0.1) is 10.5 Å². The van der Waals surface area contributed by atoms with Gasteiger partial charge in [-0.15, -0.1) is 58.9 Å². The summed E-state index contributed by atoms with van der Waals surface area (Å²) in [6.45, 7) is 0. The second-order valence-corrected chi connectivity index (χ2v) is 11.1. The molecule has 0 amide bonds. The molecule has 0 unspecified atom stereocenters. The topological polar surface area (TPSA) is 43.6 Å². The van der Waals surface area contributed by atoms with Crippen LogP contribution in [-0.2, 0) is 21.1 Å². The number of pyridine rings is 1. The van der Waals surface area contributed by atoms with Crippen LogP contribution in [0.1, 0.15) is 0 Å². The third-order valence-electron chi connectivity index (χ3n) is 6.85. The molecule has 4 aromatic heterocycles. The minimum atomic E-state index is 0. The minimum Gasteiger partial charge on any atom is -0.346 e. The van der Waals surface area contributed by atoms with Crippen molar-refractivity contribution < 1.29 is 21.1 Å². The summed E-state index contributed by atoms with van der Waals surface area (Å²) in [5.74, 6) is 0. The van der Waals surface area contributed by atoms with E-state index in [-0.39, 0.29) is 21.1 Å². The standard InChI is InChI=1S/C33H18N4S2.Pt/c1-3-13-29-23(10-1)24-19-25(32-35-16-17-38-32)26(33-36-28-12-2-4-14-31(28)39-33)20-30(24)37(29)22-9-7-8-21(18-22)27-11-5-6-15-34-27;/h1-17,19H;/q-2;+2. The van der Waals surface area contributed by atoms with Crippen LogP contribution in [0.15, 0.2) is 109 Å². The predicted octanol–water partition coefficient (Wildman–Crippen LogP) is 8.84. The Morgan fingerprint density at radius 2 is 1.60 bits per heavy atom. The molecule has 4 aromatic carbocycles. The molecule has 4 heterocycles. The first-order chi connectivity index (χ1) is 19.3. The molecule has 0 saturated carbocycles. The average Bonchev–Trinajstić information content (AvgIpc) is 3.75. The van der Waals surface area contributed by atoms with E-state index in [4.69, 9.17) is 4.98 Å². The number of thiazole rings is 2. The van der Waals surface area contributed by atoms with E-state index < -0.39 is 0 Å². The monoisotopic (exact) mass is 729 g/mol. The van der Waals surface area contributed by atoms with Gasteiger partial charge in [0.15, 0.2) is 0 Å². The van der Waals surface area contributed by atoms with Gasteiger partial charge < -0.3 is 9.55 Å². The second-order valence-electron chi connectivity index (χ2n) is 9.16. The van der Waals surface area contributed by atoms with Gasteiger partial charge in [-0.3, -0.25) is 9.97 Å². The van der Waals surface area contributed by atoms with Crippen LogP contribution in [0.3, 0.4) is 0 Å². The fourth-order valence-corrected chi connectivity index (χ4v) is 6.76. The van der Waals surface area contributed by atoms with Gasteiger partial charge in [0, 0.05) is 33.0 Å². The Hall–Kier alpha value is -3.96. The first-order valence-corrected chi connectivity index (χ1v) is 14.2. The summed E-state index contributed by atoms with van der Waals surface area (Å²) in [5, 5.41) is 6.20. The summed E-state index contributed by atoms with van der Waals surface area (Å²) in [7, 11) is 0. The fourth-order valence-electron chi connectivity index (χ4n) is 5.12. The smallest absolute Gasteiger partial charge is 0.346 e. The molecule has 0 atom stereocenters. The normalized spacial score (nSPS) is 11.3. The Morgan fingerprint density at radius 3 is 2.45 bits per heavy atom. The molecule has 0 aliphatic rings. The SMILES string of the molecule is [Pt+2].[c-]1c(-c2ccccn2)cccc1-n1c2[c-]c(-c3nc4ccccc4s3)c(-c3nccs3)cc2c2ccccc21. The molecule has 0 aliphatic carbocycles. The zero-order valence-electron chi connectivity index (χ0n) is 20.8. The van der Waals surface area contributed by atoms with Crippen molar-refractivity contribution in [2.75, 3.05) is 0 Å². The Kier molecular flexibility index (Phi) is 6.39. The second kappa shape index (κ2) is 10.2. The number of fused-ring (bicyclic) bond motifs is 4. The number of hydrogen-bond acceptors (Lipinski definition) is 5. The maximum Gasteiger partial charge on any atom is 2.00 e. The van der Waals surface area contributed by atoms with Crippen molar-refractivity contribution >= 4 is 54.7 Å². The van der Waals surface area contributed by atoms with Crippen molar-refractivity contribution in [1.82, 2.24) is 19.5 Å². The summed E-state index contributed by atoms with van der Waals surface area (Å²) >= 11 is 3.32. The average molecular weight is 730 g/mol. The number of nitrogens with zero attached hydrogens (tertiary/aromatic N) is 4. The van der Waals surface area contributed by atoms with Crippen LogP contribution in [0.4, 0.5) is 0 Å². The molecule has 8 rings (SSSR count). The molecule has 0 N–H and O–H groups in total. The molecule has 0 saturated heterocycles. The molecular formula is C33H18N4PtS2. The van der Waals surface area contributed by atoms with E-state index in [2.05, 4.69) is 93.4 Å².